The third-order valence-electron chi connectivity index (χ3n) is 4.24. The summed E-state index contributed by atoms with van der Waals surface area (Å²) in [6, 6.07) is 7.09. The lowest BCUT2D eigenvalue weighted by atomic mass is 10.2. The third-order valence-corrected chi connectivity index (χ3v) is 6.02. The minimum Gasteiger partial charge on any atom is -0.494 e. The van der Waals surface area contributed by atoms with Gasteiger partial charge in [0.2, 0.25) is 0 Å². The monoisotopic (exact) mass is 440 g/mol. The van der Waals surface area contributed by atoms with Gasteiger partial charge in [-0.25, -0.2) is 14.2 Å². The maximum absolute atomic E-state index is 12.7. The number of nitrogens with one attached hydrogen (secondary N) is 3. The Labute approximate surface area is 175 Å². The fourth-order valence-corrected chi connectivity index (χ4v) is 3.75. The van der Waals surface area contributed by atoms with Crippen LogP contribution in [0.1, 0.15) is 20.3 Å². The Bertz CT molecular complexity index is 927. The predicted molar refractivity (Wildman–Crippen MR) is 109 cm³/mol. The van der Waals surface area contributed by atoms with Crippen LogP contribution in [0.5, 0.6) is 11.8 Å². The van der Waals surface area contributed by atoms with Gasteiger partial charge in [0.25, 0.3) is 0 Å². The number of hydrogen-bond acceptors (Lipinski definition) is 7. The van der Waals surface area contributed by atoms with Crippen LogP contribution >= 0.6 is 0 Å². The van der Waals surface area contributed by atoms with Gasteiger partial charge in [0.05, 0.1) is 29.3 Å². The molecule has 2 aromatic rings. The lowest BCUT2D eigenvalue weighted by Crippen LogP contribution is -2.52. The van der Waals surface area contributed by atoms with Gasteiger partial charge in [0.1, 0.15) is 0 Å². The Hall–Kier alpha value is -3.41. The Morgan fingerprint density at radius 2 is 1.80 bits per heavy atom. The fourth-order valence-electron chi connectivity index (χ4n) is 2.55. The van der Waals surface area contributed by atoms with E-state index in [4.69, 9.17) is 5.11 Å². The summed E-state index contributed by atoms with van der Waals surface area (Å²) < 4.78 is 18.3. The Kier molecular flexibility index (Phi) is 7.53. The Morgan fingerprint density at radius 1 is 1.17 bits per heavy atom. The standard InChI is InChI=1S/C18H24N4O7S/c1-4-10(2)30(28)11-5-6-12(13(9-11)22-14(23)7-8-15(22)24)19-16(20-17(25)26)21-18(27)29-3/h5-10,16,19-20,23-24H,4H2,1-3H3,(H,21,27)(H,25,26). The van der Waals surface area contributed by atoms with Crippen LogP contribution in [0.25, 0.3) is 5.69 Å². The van der Waals surface area contributed by atoms with E-state index in [1.54, 1.807) is 6.07 Å². The van der Waals surface area contributed by atoms with Crippen LogP contribution in [-0.4, -0.2) is 54.9 Å². The number of carbonyl (C=O) groups is 2. The molecule has 0 aliphatic carbocycles. The first-order chi connectivity index (χ1) is 14.2. The first kappa shape index (κ1) is 22.9. The van der Waals surface area contributed by atoms with Crippen molar-refractivity contribution < 1.29 is 33.9 Å². The zero-order valence-corrected chi connectivity index (χ0v) is 17.4. The number of nitrogens with zero attached hydrogens (tertiary/aromatic N) is 1. The number of benzene rings is 1. The highest BCUT2D eigenvalue weighted by atomic mass is 32.2. The van der Waals surface area contributed by atoms with Crippen molar-refractivity contribution in [3.8, 4) is 17.4 Å². The zero-order valence-electron chi connectivity index (χ0n) is 16.6. The molecule has 1 aromatic carbocycles. The summed E-state index contributed by atoms with van der Waals surface area (Å²) in [6.45, 7) is 3.74. The van der Waals surface area contributed by atoms with Crippen molar-refractivity contribution >= 4 is 28.7 Å². The first-order valence-corrected chi connectivity index (χ1v) is 10.1. The van der Waals surface area contributed by atoms with Gasteiger partial charge in [-0.2, -0.15) is 0 Å². The van der Waals surface area contributed by atoms with E-state index >= 15 is 0 Å². The van der Waals surface area contributed by atoms with Crippen LogP contribution < -0.4 is 16.0 Å². The van der Waals surface area contributed by atoms with Gasteiger partial charge >= 0.3 is 12.2 Å². The van der Waals surface area contributed by atoms with E-state index in [1.807, 2.05) is 13.8 Å². The first-order valence-electron chi connectivity index (χ1n) is 8.93. The molecule has 164 valence electrons. The molecule has 2 amide bonds. The number of aromatic nitrogens is 1. The number of amides is 2. The molecule has 0 aliphatic rings. The van der Waals surface area contributed by atoms with Crippen LogP contribution in [0.2, 0.25) is 0 Å². The molecular weight excluding hydrogens is 416 g/mol. The van der Waals surface area contributed by atoms with E-state index in [0.29, 0.717) is 11.3 Å². The molecule has 3 atom stereocenters. The summed E-state index contributed by atoms with van der Waals surface area (Å²) in [6.07, 6.45) is -2.95. The van der Waals surface area contributed by atoms with E-state index in [-0.39, 0.29) is 28.4 Å². The average Bonchev–Trinajstić information content (AvgIpc) is 3.04. The molecule has 0 aliphatic heterocycles. The average molecular weight is 440 g/mol. The molecule has 0 saturated heterocycles. The second-order valence-electron chi connectivity index (χ2n) is 6.24. The number of ether oxygens (including phenoxy) is 1. The van der Waals surface area contributed by atoms with E-state index < -0.39 is 29.3 Å². The lowest BCUT2D eigenvalue weighted by molar-refractivity contribution is 0.162. The number of rotatable bonds is 8. The molecular formula is C18H24N4O7S. The number of methoxy groups -OCH3 is 1. The molecule has 11 nitrogen and oxygen atoms in total. The largest absolute Gasteiger partial charge is 0.494 e. The van der Waals surface area contributed by atoms with Crippen molar-refractivity contribution in [1.29, 1.82) is 0 Å². The van der Waals surface area contributed by atoms with Crippen LogP contribution in [0, 0.1) is 0 Å². The third kappa shape index (κ3) is 5.35. The molecule has 0 bridgehead atoms. The van der Waals surface area contributed by atoms with Gasteiger partial charge in [0, 0.05) is 22.3 Å². The normalized spacial score (nSPS) is 13.7. The zero-order chi connectivity index (χ0) is 22.4. The second-order valence-corrected chi connectivity index (χ2v) is 8.11. The van der Waals surface area contributed by atoms with Crippen molar-refractivity contribution in [1.82, 2.24) is 15.2 Å². The molecule has 0 spiro atoms. The molecule has 6 N–H and O–H groups in total. The summed E-state index contributed by atoms with van der Waals surface area (Å²) in [4.78, 5) is 23.1. The summed E-state index contributed by atoms with van der Waals surface area (Å²) in [5, 5.41) is 36.3. The molecule has 0 fully saturated rings. The van der Waals surface area contributed by atoms with Crippen molar-refractivity contribution in [2.45, 2.75) is 36.7 Å². The van der Waals surface area contributed by atoms with Crippen LogP contribution in [0.3, 0.4) is 0 Å². The molecule has 3 unspecified atom stereocenters. The minimum absolute atomic E-state index is 0.133. The molecule has 1 heterocycles. The summed E-state index contributed by atoms with van der Waals surface area (Å²) >= 11 is 0. The van der Waals surface area contributed by atoms with E-state index in [2.05, 4.69) is 20.7 Å². The van der Waals surface area contributed by atoms with Gasteiger partial charge in [-0.3, -0.25) is 14.8 Å². The molecule has 1 aromatic heterocycles. The van der Waals surface area contributed by atoms with Gasteiger partial charge in [-0.15, -0.1) is 0 Å². The van der Waals surface area contributed by atoms with Crippen LogP contribution in [-0.2, 0) is 15.5 Å². The van der Waals surface area contributed by atoms with Gasteiger partial charge in [0.15, 0.2) is 18.0 Å². The SMILES string of the molecule is CCC(C)S(=O)c1ccc(NC(NC(=O)O)NC(=O)OC)c(-n2c(O)ccc2O)c1. The number of alkyl carbamates (subject to hydrolysis) is 1. The van der Waals surface area contributed by atoms with Gasteiger partial charge in [-0.05, 0) is 24.6 Å². The van der Waals surface area contributed by atoms with Crippen molar-refractivity contribution in [3.05, 3.63) is 30.3 Å². The quantitative estimate of drug-likeness (QED) is 0.340. The highest BCUT2D eigenvalue weighted by Crippen LogP contribution is 2.33. The molecule has 12 heteroatoms. The topological polar surface area (TPSA) is 162 Å². The second kappa shape index (κ2) is 9.87. The maximum Gasteiger partial charge on any atom is 0.409 e. The number of aromatic hydroxyl groups is 2. The van der Waals surface area contributed by atoms with Crippen molar-refractivity contribution in [2.75, 3.05) is 12.4 Å². The van der Waals surface area contributed by atoms with Crippen LogP contribution in [0.4, 0.5) is 15.3 Å². The number of anilines is 1. The van der Waals surface area contributed by atoms with Crippen molar-refractivity contribution in [2.24, 2.45) is 0 Å². The van der Waals surface area contributed by atoms with Crippen molar-refractivity contribution in [3.63, 3.8) is 0 Å². The number of carboxylic acid groups (broad SMARTS) is 1. The highest BCUT2D eigenvalue weighted by molar-refractivity contribution is 7.85. The molecule has 0 saturated carbocycles. The Morgan fingerprint density at radius 3 is 2.33 bits per heavy atom. The van der Waals surface area contributed by atoms with E-state index in [9.17, 15) is 24.0 Å². The molecule has 0 radical (unpaired) electrons. The highest BCUT2D eigenvalue weighted by Gasteiger charge is 2.21. The lowest BCUT2D eigenvalue weighted by Gasteiger charge is -2.23. The van der Waals surface area contributed by atoms with Crippen LogP contribution in [0.15, 0.2) is 35.2 Å². The minimum atomic E-state index is -1.42. The number of hydrogen-bond donors (Lipinski definition) is 6. The van der Waals surface area contributed by atoms with Gasteiger partial charge < -0.3 is 25.4 Å². The predicted octanol–water partition coefficient (Wildman–Crippen LogP) is 2.11. The molecule has 2 rings (SSSR count). The van der Waals surface area contributed by atoms with E-state index in [0.717, 1.165) is 11.7 Å². The van der Waals surface area contributed by atoms with Gasteiger partial charge in [-0.1, -0.05) is 13.8 Å². The summed E-state index contributed by atoms with van der Waals surface area (Å²) in [7, 11) is -0.239. The summed E-state index contributed by atoms with van der Waals surface area (Å²) in [5.41, 5.74) is 0.407. The van der Waals surface area contributed by atoms with E-state index in [1.165, 1.54) is 24.3 Å². The number of carbonyl (C=O) groups excluding carboxylic acids is 1. The summed E-state index contributed by atoms with van der Waals surface area (Å²) in [5.74, 6) is -0.601. The smallest absolute Gasteiger partial charge is 0.409 e. The maximum atomic E-state index is 12.7. The molecule has 30 heavy (non-hydrogen) atoms. The Balaban J connectivity index is 2.53. The fraction of sp³-hybridized carbons (Fsp3) is 0.333.